The monoisotopic (exact) mass is 406 g/mol. The molecule has 0 unspecified atom stereocenters. The lowest BCUT2D eigenvalue weighted by Gasteiger charge is -2.59. The zero-order chi connectivity index (χ0) is 22.4. The SMILES string of the molecule is C=C(C)C(=O)OC.C=C(C)C(=O)OC1(C)C2CC3CC(C2)CC1C3.C=CC(=O)O. The van der Waals surface area contributed by atoms with Crippen molar-refractivity contribution in [2.45, 2.75) is 58.5 Å². The molecule has 0 radical (unpaired) electrons. The highest BCUT2D eigenvalue weighted by Crippen LogP contribution is 2.59. The molecule has 0 saturated heterocycles. The molecule has 0 aromatic carbocycles. The Bertz CT molecular complexity index is 647. The number of methoxy groups -OCH3 is 1. The van der Waals surface area contributed by atoms with Gasteiger partial charge in [-0.05, 0) is 76.5 Å². The summed E-state index contributed by atoms with van der Waals surface area (Å²) in [6.45, 7) is 15.5. The van der Waals surface area contributed by atoms with E-state index in [1.54, 1.807) is 13.8 Å². The topological polar surface area (TPSA) is 89.9 Å². The lowest BCUT2D eigenvalue weighted by atomic mass is 9.50. The first-order valence-corrected chi connectivity index (χ1v) is 9.92. The Morgan fingerprint density at radius 2 is 1.31 bits per heavy atom. The van der Waals surface area contributed by atoms with Crippen molar-refractivity contribution in [3.8, 4) is 0 Å². The molecule has 0 atom stereocenters. The average Bonchev–Trinajstić information content (AvgIpc) is 2.65. The summed E-state index contributed by atoms with van der Waals surface area (Å²) in [6.07, 6.45) is 7.34. The third-order valence-electron chi connectivity index (χ3n) is 6.13. The molecule has 4 rings (SSSR count). The molecule has 4 aliphatic carbocycles. The summed E-state index contributed by atoms with van der Waals surface area (Å²) in [6, 6.07) is 0. The molecule has 0 amide bonds. The van der Waals surface area contributed by atoms with Crippen LogP contribution in [0.2, 0.25) is 0 Å². The molecule has 4 saturated carbocycles. The Labute approximate surface area is 173 Å². The number of aliphatic carboxylic acids is 1. The van der Waals surface area contributed by atoms with Crippen molar-refractivity contribution in [3.63, 3.8) is 0 Å². The van der Waals surface area contributed by atoms with Crippen LogP contribution >= 0.6 is 0 Å². The predicted molar refractivity (Wildman–Crippen MR) is 111 cm³/mol. The summed E-state index contributed by atoms with van der Waals surface area (Å²) in [7, 11) is 1.33. The van der Waals surface area contributed by atoms with Crippen molar-refractivity contribution >= 4 is 17.9 Å². The lowest BCUT2D eigenvalue weighted by molar-refractivity contribution is -0.199. The van der Waals surface area contributed by atoms with Crippen LogP contribution in [0.1, 0.15) is 52.9 Å². The third kappa shape index (κ3) is 6.58. The van der Waals surface area contributed by atoms with E-state index in [-0.39, 0.29) is 17.5 Å². The summed E-state index contributed by atoms with van der Waals surface area (Å²) >= 11 is 0. The van der Waals surface area contributed by atoms with Crippen LogP contribution in [0, 0.1) is 23.7 Å². The molecule has 6 heteroatoms. The van der Waals surface area contributed by atoms with Gasteiger partial charge >= 0.3 is 17.9 Å². The first-order valence-electron chi connectivity index (χ1n) is 9.92. The molecule has 0 aliphatic heterocycles. The fourth-order valence-corrected chi connectivity index (χ4v) is 4.75. The van der Waals surface area contributed by atoms with E-state index in [1.807, 2.05) is 0 Å². The van der Waals surface area contributed by atoms with Crippen LogP contribution in [0.3, 0.4) is 0 Å². The number of carbonyl (C=O) groups excluding carboxylic acids is 2. The molecule has 0 aromatic rings. The van der Waals surface area contributed by atoms with Crippen LogP contribution in [0.4, 0.5) is 0 Å². The average molecular weight is 407 g/mol. The molecule has 4 bridgehead atoms. The Morgan fingerprint density at radius 1 is 0.931 bits per heavy atom. The molecule has 4 fully saturated rings. The first-order chi connectivity index (χ1) is 13.4. The van der Waals surface area contributed by atoms with Crippen molar-refractivity contribution in [2.75, 3.05) is 7.11 Å². The number of carboxylic acids is 1. The largest absolute Gasteiger partial charge is 0.478 e. The molecular weight excluding hydrogens is 372 g/mol. The highest BCUT2D eigenvalue weighted by molar-refractivity contribution is 5.87. The second-order valence-electron chi connectivity index (χ2n) is 8.47. The quantitative estimate of drug-likeness (QED) is 0.553. The molecule has 0 spiro atoms. The maximum atomic E-state index is 11.8. The van der Waals surface area contributed by atoms with Gasteiger partial charge < -0.3 is 14.6 Å². The van der Waals surface area contributed by atoms with Crippen molar-refractivity contribution in [1.29, 1.82) is 0 Å². The van der Waals surface area contributed by atoms with Crippen LogP contribution in [0.5, 0.6) is 0 Å². The van der Waals surface area contributed by atoms with Crippen LogP contribution < -0.4 is 0 Å². The van der Waals surface area contributed by atoms with E-state index in [1.165, 1.54) is 39.2 Å². The summed E-state index contributed by atoms with van der Waals surface area (Å²) in [4.78, 5) is 31.3. The van der Waals surface area contributed by atoms with Gasteiger partial charge in [0.05, 0.1) is 7.11 Å². The Morgan fingerprint density at radius 3 is 1.55 bits per heavy atom. The number of rotatable bonds is 4. The molecule has 0 heterocycles. The molecule has 162 valence electrons. The zero-order valence-electron chi connectivity index (χ0n) is 18.0. The summed E-state index contributed by atoms with van der Waals surface area (Å²) in [5.74, 6) is 1.50. The molecule has 6 nitrogen and oxygen atoms in total. The maximum absolute atomic E-state index is 11.8. The Balaban J connectivity index is 0.000000293. The molecule has 29 heavy (non-hydrogen) atoms. The van der Waals surface area contributed by atoms with Gasteiger partial charge in [-0.3, -0.25) is 0 Å². The minimum atomic E-state index is -0.981. The van der Waals surface area contributed by atoms with E-state index in [9.17, 15) is 14.4 Å². The van der Waals surface area contributed by atoms with E-state index in [0.29, 0.717) is 23.0 Å². The van der Waals surface area contributed by atoms with E-state index in [2.05, 4.69) is 31.4 Å². The van der Waals surface area contributed by atoms with Gasteiger partial charge in [0, 0.05) is 17.2 Å². The first kappa shape index (κ1) is 24.7. The van der Waals surface area contributed by atoms with E-state index in [4.69, 9.17) is 9.84 Å². The van der Waals surface area contributed by atoms with E-state index < -0.39 is 5.97 Å². The lowest BCUT2D eigenvalue weighted by Crippen LogP contribution is -2.58. The number of ether oxygens (including phenoxy) is 2. The Hall–Kier alpha value is -2.37. The fourth-order valence-electron chi connectivity index (χ4n) is 4.75. The van der Waals surface area contributed by atoms with Gasteiger partial charge in [-0.15, -0.1) is 0 Å². The minimum Gasteiger partial charge on any atom is -0.478 e. The van der Waals surface area contributed by atoms with Gasteiger partial charge in [-0.1, -0.05) is 19.7 Å². The predicted octanol–water partition coefficient (Wildman–Crippen LogP) is 4.31. The minimum absolute atomic E-state index is 0.194. The smallest absolute Gasteiger partial charge is 0.333 e. The van der Waals surface area contributed by atoms with Crippen molar-refractivity contribution < 1.29 is 29.0 Å². The van der Waals surface area contributed by atoms with Crippen LogP contribution in [-0.4, -0.2) is 35.7 Å². The van der Waals surface area contributed by atoms with Gasteiger partial charge in [0.15, 0.2) is 0 Å². The van der Waals surface area contributed by atoms with Gasteiger partial charge in [0.2, 0.25) is 0 Å². The third-order valence-corrected chi connectivity index (χ3v) is 6.13. The second kappa shape index (κ2) is 10.4. The Kier molecular flexibility index (Phi) is 8.86. The van der Waals surface area contributed by atoms with Crippen molar-refractivity contribution in [1.82, 2.24) is 0 Å². The number of carboxylic acid groups (broad SMARTS) is 1. The normalized spacial score (nSPS) is 30.5. The number of carbonyl (C=O) groups is 3. The standard InChI is InChI=1S/C15H22O2.C5H8O2.C3H4O2/c1-9(2)14(16)17-15(3)12-5-10-4-11(7-12)8-13(15)6-10;1-4(2)5(6)7-3;1-2-3(4)5/h10-13H,1,4-8H2,2-3H3;1H2,2-3H3;2H,1H2,(H,4,5). The summed E-state index contributed by atoms with van der Waals surface area (Å²) in [5, 5.41) is 7.60. The summed E-state index contributed by atoms with van der Waals surface area (Å²) < 4.78 is 10.1. The van der Waals surface area contributed by atoms with Crippen molar-refractivity contribution in [3.05, 3.63) is 37.0 Å². The van der Waals surface area contributed by atoms with E-state index in [0.717, 1.165) is 17.9 Å². The maximum Gasteiger partial charge on any atom is 0.333 e. The number of esters is 2. The second-order valence-corrected chi connectivity index (χ2v) is 8.47. The van der Waals surface area contributed by atoms with Gasteiger partial charge in [0.1, 0.15) is 5.60 Å². The van der Waals surface area contributed by atoms with Gasteiger partial charge in [-0.25, -0.2) is 14.4 Å². The highest BCUT2D eigenvalue weighted by atomic mass is 16.6. The molecule has 1 N–H and O–H groups in total. The van der Waals surface area contributed by atoms with Crippen LogP contribution in [-0.2, 0) is 23.9 Å². The zero-order valence-corrected chi connectivity index (χ0v) is 18.0. The fraction of sp³-hybridized carbons (Fsp3) is 0.609. The molecule has 0 aromatic heterocycles. The van der Waals surface area contributed by atoms with Gasteiger partial charge in [0.25, 0.3) is 0 Å². The van der Waals surface area contributed by atoms with Crippen LogP contribution in [0.25, 0.3) is 0 Å². The van der Waals surface area contributed by atoms with Crippen LogP contribution in [0.15, 0.2) is 37.0 Å². The summed E-state index contributed by atoms with van der Waals surface area (Å²) in [5.41, 5.74) is 0.756. The number of hydrogen-bond acceptors (Lipinski definition) is 5. The molecule has 4 aliphatic rings. The van der Waals surface area contributed by atoms with Crippen molar-refractivity contribution in [2.24, 2.45) is 23.7 Å². The number of hydrogen-bond donors (Lipinski definition) is 1. The van der Waals surface area contributed by atoms with E-state index >= 15 is 0 Å². The van der Waals surface area contributed by atoms with Gasteiger partial charge in [-0.2, -0.15) is 0 Å². The molecular formula is C23H34O6. The highest BCUT2D eigenvalue weighted by Gasteiger charge is 2.57.